The molecule has 1 N–H and O–H groups in total. The van der Waals surface area contributed by atoms with Crippen molar-refractivity contribution in [1.82, 2.24) is 4.90 Å². The van der Waals surface area contributed by atoms with Gasteiger partial charge < -0.3 is 19.5 Å². The van der Waals surface area contributed by atoms with Crippen molar-refractivity contribution in [3.05, 3.63) is 30.0 Å². The van der Waals surface area contributed by atoms with Crippen LogP contribution in [0.4, 0.5) is 0 Å². The Hall–Kier alpha value is -2.17. The summed E-state index contributed by atoms with van der Waals surface area (Å²) in [5.74, 6) is 0.207. The van der Waals surface area contributed by atoms with Gasteiger partial charge in [-0.05, 0) is 0 Å². The topological polar surface area (TPSA) is 59.0 Å². The van der Waals surface area contributed by atoms with Crippen LogP contribution in [0.15, 0.2) is 24.4 Å². The van der Waals surface area contributed by atoms with E-state index >= 15 is 0 Å². The highest BCUT2D eigenvalue weighted by Gasteiger charge is 2.17. The van der Waals surface area contributed by atoms with Crippen molar-refractivity contribution < 1.29 is 19.4 Å². The zero-order valence-electron chi connectivity index (χ0n) is 10.9. The molecule has 98 valence electrons. The Morgan fingerprint density at radius 2 is 1.94 bits per heavy atom. The van der Waals surface area contributed by atoms with E-state index in [0.717, 1.165) is 0 Å². The van der Waals surface area contributed by atoms with E-state index in [2.05, 4.69) is 0 Å². The number of aromatic hydroxyl groups is 1. The van der Waals surface area contributed by atoms with Gasteiger partial charge >= 0.3 is 0 Å². The number of allylic oxidation sites excluding steroid dienone is 1. The molecule has 0 amide bonds. The van der Waals surface area contributed by atoms with Gasteiger partial charge in [0.15, 0.2) is 5.78 Å². The predicted octanol–water partition coefficient (Wildman–Crippen LogP) is 1.67. The largest absolute Gasteiger partial charge is 0.507 e. The second kappa shape index (κ2) is 5.95. The first kappa shape index (κ1) is 13.9. The van der Waals surface area contributed by atoms with E-state index in [4.69, 9.17) is 9.47 Å². The summed E-state index contributed by atoms with van der Waals surface area (Å²) in [6.45, 7) is 0. The molecule has 0 unspecified atom stereocenters. The van der Waals surface area contributed by atoms with Crippen LogP contribution in [-0.4, -0.2) is 44.1 Å². The van der Waals surface area contributed by atoms with E-state index < -0.39 is 0 Å². The maximum absolute atomic E-state index is 12.0. The van der Waals surface area contributed by atoms with Crippen LogP contribution in [0.2, 0.25) is 0 Å². The normalized spacial score (nSPS) is 10.4. The second-order valence-corrected chi connectivity index (χ2v) is 3.87. The van der Waals surface area contributed by atoms with Gasteiger partial charge in [-0.3, -0.25) is 4.79 Å². The molecule has 1 rings (SSSR count). The van der Waals surface area contributed by atoms with Crippen LogP contribution in [0.5, 0.6) is 17.2 Å². The maximum Gasteiger partial charge on any atom is 0.194 e. The first-order valence-electron chi connectivity index (χ1n) is 5.33. The molecule has 0 aliphatic carbocycles. The third kappa shape index (κ3) is 3.16. The van der Waals surface area contributed by atoms with Gasteiger partial charge in [-0.1, -0.05) is 0 Å². The number of ether oxygens (including phenoxy) is 2. The van der Waals surface area contributed by atoms with Crippen LogP contribution in [0, 0.1) is 0 Å². The lowest BCUT2D eigenvalue weighted by Crippen LogP contribution is -2.05. The van der Waals surface area contributed by atoms with Crippen LogP contribution in [-0.2, 0) is 0 Å². The number of ketones is 1. The molecule has 5 heteroatoms. The number of phenols is 1. The highest BCUT2D eigenvalue weighted by atomic mass is 16.5. The van der Waals surface area contributed by atoms with Crippen LogP contribution in [0.25, 0.3) is 0 Å². The smallest absolute Gasteiger partial charge is 0.194 e. The predicted molar refractivity (Wildman–Crippen MR) is 68.4 cm³/mol. The number of hydrogen-bond acceptors (Lipinski definition) is 5. The number of carbonyl (C=O) groups excluding carboxylic acids is 1. The molecule has 0 saturated heterocycles. The summed E-state index contributed by atoms with van der Waals surface area (Å²) in [5.41, 5.74) is 0.122. The van der Waals surface area contributed by atoms with Crippen molar-refractivity contribution in [2.75, 3.05) is 28.3 Å². The fourth-order valence-electron chi connectivity index (χ4n) is 1.40. The van der Waals surface area contributed by atoms with Gasteiger partial charge in [0.2, 0.25) is 0 Å². The van der Waals surface area contributed by atoms with Crippen LogP contribution in [0.1, 0.15) is 10.4 Å². The maximum atomic E-state index is 12.0. The number of phenolic OH excluding ortho intramolecular Hbond substituents is 1. The zero-order chi connectivity index (χ0) is 13.7. The average Bonchev–Trinajstić information content (AvgIpc) is 2.34. The molecule has 0 radical (unpaired) electrons. The summed E-state index contributed by atoms with van der Waals surface area (Å²) in [4.78, 5) is 13.7. The number of rotatable bonds is 5. The number of hydrogen-bond donors (Lipinski definition) is 1. The standard InChI is InChI=1S/C13H17NO4/c1-14(2)6-5-10(15)13-11(16)7-9(17-3)8-12(13)18-4/h5-8,16H,1-4H3. The fourth-order valence-corrected chi connectivity index (χ4v) is 1.40. The molecule has 0 spiro atoms. The molecule has 0 atom stereocenters. The summed E-state index contributed by atoms with van der Waals surface area (Å²) >= 11 is 0. The fraction of sp³-hybridized carbons (Fsp3) is 0.308. The minimum atomic E-state index is -0.333. The highest BCUT2D eigenvalue weighted by Crippen LogP contribution is 2.33. The molecule has 18 heavy (non-hydrogen) atoms. The molecule has 5 nitrogen and oxygen atoms in total. The summed E-state index contributed by atoms with van der Waals surface area (Å²) in [6, 6.07) is 2.93. The molecule has 0 saturated carbocycles. The van der Waals surface area contributed by atoms with E-state index in [-0.39, 0.29) is 22.8 Å². The van der Waals surface area contributed by atoms with Crippen molar-refractivity contribution in [3.8, 4) is 17.2 Å². The molecular formula is C13H17NO4. The van der Waals surface area contributed by atoms with Crippen molar-refractivity contribution in [3.63, 3.8) is 0 Å². The number of nitrogens with zero attached hydrogens (tertiary/aromatic N) is 1. The van der Waals surface area contributed by atoms with Crippen molar-refractivity contribution >= 4 is 5.78 Å². The van der Waals surface area contributed by atoms with Gasteiger partial charge in [0.25, 0.3) is 0 Å². The Kier molecular flexibility index (Phi) is 4.59. The molecule has 1 aromatic carbocycles. The van der Waals surface area contributed by atoms with E-state index in [9.17, 15) is 9.90 Å². The van der Waals surface area contributed by atoms with Gasteiger partial charge in [0, 0.05) is 38.5 Å². The van der Waals surface area contributed by atoms with Gasteiger partial charge in [0.05, 0.1) is 14.2 Å². The molecule has 0 fully saturated rings. The Balaban J connectivity index is 3.19. The lowest BCUT2D eigenvalue weighted by molar-refractivity contribution is 0.104. The molecule has 1 aromatic rings. The van der Waals surface area contributed by atoms with Crippen molar-refractivity contribution in [2.24, 2.45) is 0 Å². The second-order valence-electron chi connectivity index (χ2n) is 3.87. The number of methoxy groups -OCH3 is 2. The monoisotopic (exact) mass is 251 g/mol. The van der Waals surface area contributed by atoms with Crippen LogP contribution < -0.4 is 9.47 Å². The lowest BCUT2D eigenvalue weighted by Gasteiger charge is -2.10. The molecule has 0 aliphatic heterocycles. The summed E-state index contributed by atoms with van der Waals surface area (Å²) in [7, 11) is 6.51. The van der Waals surface area contributed by atoms with Crippen LogP contribution in [0.3, 0.4) is 0 Å². The van der Waals surface area contributed by atoms with Gasteiger partial charge in [-0.2, -0.15) is 0 Å². The minimum Gasteiger partial charge on any atom is -0.507 e. The number of benzene rings is 1. The number of carbonyl (C=O) groups is 1. The van der Waals surface area contributed by atoms with Crippen LogP contribution >= 0.6 is 0 Å². The quantitative estimate of drug-likeness (QED) is 0.637. The van der Waals surface area contributed by atoms with E-state index in [1.54, 1.807) is 31.3 Å². The highest BCUT2D eigenvalue weighted by molar-refractivity contribution is 6.08. The molecule has 0 heterocycles. The van der Waals surface area contributed by atoms with E-state index in [1.807, 2.05) is 0 Å². The lowest BCUT2D eigenvalue weighted by atomic mass is 10.1. The van der Waals surface area contributed by atoms with Gasteiger partial charge in [0.1, 0.15) is 22.8 Å². The molecule has 0 aromatic heterocycles. The van der Waals surface area contributed by atoms with E-state index in [0.29, 0.717) is 5.75 Å². The third-order valence-corrected chi connectivity index (χ3v) is 2.28. The Morgan fingerprint density at radius 1 is 1.28 bits per heavy atom. The van der Waals surface area contributed by atoms with Crippen molar-refractivity contribution in [1.29, 1.82) is 0 Å². The van der Waals surface area contributed by atoms with Crippen molar-refractivity contribution in [2.45, 2.75) is 0 Å². The summed E-state index contributed by atoms with van der Waals surface area (Å²) in [5, 5.41) is 9.84. The van der Waals surface area contributed by atoms with Gasteiger partial charge in [-0.25, -0.2) is 0 Å². The SMILES string of the molecule is COc1cc(O)c(C(=O)C=CN(C)C)c(OC)c1. The Morgan fingerprint density at radius 3 is 2.44 bits per heavy atom. The van der Waals surface area contributed by atoms with Gasteiger partial charge in [-0.15, -0.1) is 0 Å². The summed E-state index contributed by atoms with van der Waals surface area (Å²) < 4.78 is 10.1. The third-order valence-electron chi connectivity index (χ3n) is 2.28. The van der Waals surface area contributed by atoms with E-state index in [1.165, 1.54) is 26.4 Å². The minimum absolute atomic E-state index is 0.122. The molecule has 0 bridgehead atoms. The molecular weight excluding hydrogens is 234 g/mol. The first-order chi connectivity index (χ1) is 8.49. The first-order valence-corrected chi connectivity index (χ1v) is 5.33. The Bertz CT molecular complexity index is 466. The Labute approximate surface area is 106 Å². The zero-order valence-corrected chi connectivity index (χ0v) is 10.9. The molecule has 0 aliphatic rings. The average molecular weight is 251 g/mol. The summed E-state index contributed by atoms with van der Waals surface area (Å²) in [6.07, 6.45) is 2.97.